The predicted octanol–water partition coefficient (Wildman–Crippen LogP) is 2.36. The summed E-state index contributed by atoms with van der Waals surface area (Å²) in [6.45, 7) is 1.37. The first kappa shape index (κ1) is 13.9. The van der Waals surface area contributed by atoms with Gasteiger partial charge in [-0.25, -0.2) is 0 Å². The van der Waals surface area contributed by atoms with Crippen molar-refractivity contribution < 1.29 is 9.47 Å². The number of benzene rings is 2. The first-order chi connectivity index (χ1) is 10.9. The molecule has 2 aromatic rings. The molecule has 0 radical (unpaired) electrons. The van der Waals surface area contributed by atoms with Gasteiger partial charge in [0.1, 0.15) is 12.5 Å². The van der Waals surface area contributed by atoms with Crippen LogP contribution >= 0.6 is 0 Å². The zero-order valence-corrected chi connectivity index (χ0v) is 12.3. The normalized spacial score (nSPS) is 31.5. The van der Waals surface area contributed by atoms with E-state index in [1.54, 1.807) is 0 Å². The van der Waals surface area contributed by atoms with Gasteiger partial charge in [-0.3, -0.25) is 10.6 Å². The lowest BCUT2D eigenvalue weighted by atomic mass is 10.0. The second-order valence-electron chi connectivity index (χ2n) is 5.79. The molecule has 4 rings (SSSR count). The molecule has 4 nitrogen and oxygen atoms in total. The van der Waals surface area contributed by atoms with E-state index in [2.05, 4.69) is 34.9 Å². The lowest BCUT2D eigenvalue weighted by Crippen LogP contribution is -2.62. The number of rotatable bonds is 2. The Balaban J connectivity index is 1.43. The van der Waals surface area contributed by atoms with E-state index >= 15 is 0 Å². The quantitative estimate of drug-likeness (QED) is 0.893. The van der Waals surface area contributed by atoms with E-state index in [1.807, 2.05) is 36.4 Å². The van der Waals surface area contributed by atoms with Crippen LogP contribution < -0.4 is 10.6 Å². The Morgan fingerprint density at radius 2 is 1.05 bits per heavy atom. The van der Waals surface area contributed by atoms with E-state index in [9.17, 15) is 0 Å². The van der Waals surface area contributed by atoms with Crippen molar-refractivity contribution in [1.82, 2.24) is 10.6 Å². The van der Waals surface area contributed by atoms with Crippen LogP contribution in [-0.2, 0) is 9.47 Å². The van der Waals surface area contributed by atoms with Gasteiger partial charge in [0.2, 0.25) is 0 Å². The summed E-state index contributed by atoms with van der Waals surface area (Å²) in [5.74, 6) is 0. The number of hydrogen-bond acceptors (Lipinski definition) is 4. The van der Waals surface area contributed by atoms with Gasteiger partial charge in [-0.05, 0) is 11.1 Å². The first-order valence-corrected chi connectivity index (χ1v) is 7.75. The zero-order chi connectivity index (χ0) is 14.8. The highest BCUT2D eigenvalue weighted by atomic mass is 16.5. The maximum atomic E-state index is 5.99. The highest BCUT2D eigenvalue weighted by Crippen LogP contribution is 2.26. The maximum absolute atomic E-state index is 5.99. The molecule has 0 bridgehead atoms. The van der Waals surface area contributed by atoms with E-state index < -0.39 is 0 Å². The van der Waals surface area contributed by atoms with Crippen LogP contribution in [0.2, 0.25) is 0 Å². The summed E-state index contributed by atoms with van der Waals surface area (Å²) >= 11 is 0. The summed E-state index contributed by atoms with van der Waals surface area (Å²) in [6.07, 6.45) is -0.109. The molecular weight excluding hydrogens is 276 g/mol. The summed E-state index contributed by atoms with van der Waals surface area (Å²) < 4.78 is 12.0. The van der Waals surface area contributed by atoms with Gasteiger partial charge in [0.15, 0.2) is 0 Å². The van der Waals surface area contributed by atoms with Gasteiger partial charge in [0.05, 0.1) is 25.3 Å². The fourth-order valence-corrected chi connectivity index (χ4v) is 3.09. The van der Waals surface area contributed by atoms with Crippen LogP contribution in [0.5, 0.6) is 0 Å². The molecule has 0 saturated carbocycles. The van der Waals surface area contributed by atoms with Crippen molar-refractivity contribution in [1.29, 1.82) is 0 Å². The molecule has 2 N–H and O–H groups in total. The van der Waals surface area contributed by atoms with Crippen LogP contribution in [0.1, 0.15) is 23.6 Å². The average Bonchev–Trinajstić information content (AvgIpc) is 2.62. The average molecular weight is 296 g/mol. The Morgan fingerprint density at radius 1 is 0.636 bits per heavy atom. The van der Waals surface area contributed by atoms with Crippen molar-refractivity contribution >= 4 is 0 Å². The zero-order valence-electron chi connectivity index (χ0n) is 12.3. The molecule has 0 amide bonds. The summed E-state index contributed by atoms with van der Waals surface area (Å²) in [5, 5.41) is 7.07. The molecule has 114 valence electrons. The highest BCUT2D eigenvalue weighted by molar-refractivity contribution is 5.20. The van der Waals surface area contributed by atoms with Crippen LogP contribution in [0.3, 0.4) is 0 Å². The van der Waals surface area contributed by atoms with Crippen LogP contribution in [-0.4, -0.2) is 25.3 Å². The van der Waals surface area contributed by atoms with Crippen molar-refractivity contribution in [2.75, 3.05) is 13.2 Å². The number of fused-ring (bicyclic) bond motifs is 1. The minimum atomic E-state index is -0.0545. The second kappa shape index (κ2) is 6.18. The van der Waals surface area contributed by atoms with Gasteiger partial charge in [-0.15, -0.1) is 0 Å². The van der Waals surface area contributed by atoms with Gasteiger partial charge in [0, 0.05) is 0 Å². The molecule has 2 unspecified atom stereocenters. The molecule has 2 aliphatic rings. The fourth-order valence-electron chi connectivity index (χ4n) is 3.09. The minimum absolute atomic E-state index is 0.0545. The van der Waals surface area contributed by atoms with Crippen molar-refractivity contribution in [3.63, 3.8) is 0 Å². The Bertz CT molecular complexity index is 549. The lowest BCUT2D eigenvalue weighted by molar-refractivity contribution is -0.115. The van der Waals surface area contributed by atoms with Crippen LogP contribution in [0.4, 0.5) is 0 Å². The van der Waals surface area contributed by atoms with Gasteiger partial charge in [-0.2, -0.15) is 0 Å². The molecule has 0 aliphatic carbocycles. The highest BCUT2D eigenvalue weighted by Gasteiger charge is 2.36. The Hall–Kier alpha value is -1.72. The van der Waals surface area contributed by atoms with E-state index in [0.717, 1.165) is 11.1 Å². The molecule has 2 aliphatic heterocycles. The van der Waals surface area contributed by atoms with E-state index in [4.69, 9.17) is 9.47 Å². The summed E-state index contributed by atoms with van der Waals surface area (Å²) in [6, 6.07) is 21.0. The smallest absolute Gasteiger partial charge is 0.134 e. The van der Waals surface area contributed by atoms with Gasteiger partial charge in [0.25, 0.3) is 0 Å². The molecule has 0 aromatic heterocycles. The van der Waals surface area contributed by atoms with Crippen molar-refractivity contribution in [2.45, 2.75) is 24.5 Å². The topological polar surface area (TPSA) is 42.5 Å². The minimum Gasteiger partial charge on any atom is -0.357 e. The lowest BCUT2D eigenvalue weighted by Gasteiger charge is -2.43. The van der Waals surface area contributed by atoms with Crippen molar-refractivity contribution in [2.24, 2.45) is 0 Å². The van der Waals surface area contributed by atoms with E-state index in [-0.39, 0.29) is 24.5 Å². The molecule has 22 heavy (non-hydrogen) atoms. The van der Waals surface area contributed by atoms with Crippen LogP contribution in [0.15, 0.2) is 60.7 Å². The van der Waals surface area contributed by atoms with Crippen molar-refractivity contribution in [3.8, 4) is 0 Å². The third kappa shape index (κ3) is 2.78. The predicted molar refractivity (Wildman–Crippen MR) is 84.1 cm³/mol. The van der Waals surface area contributed by atoms with E-state index in [0.29, 0.717) is 13.2 Å². The second-order valence-corrected chi connectivity index (χ2v) is 5.79. The molecule has 2 fully saturated rings. The Morgan fingerprint density at radius 3 is 1.45 bits per heavy atom. The largest absolute Gasteiger partial charge is 0.357 e. The van der Waals surface area contributed by atoms with Crippen LogP contribution in [0, 0.1) is 0 Å². The van der Waals surface area contributed by atoms with Gasteiger partial charge < -0.3 is 9.47 Å². The molecule has 4 heteroatoms. The van der Waals surface area contributed by atoms with E-state index in [1.165, 1.54) is 0 Å². The number of ether oxygens (including phenoxy) is 2. The Labute approximate surface area is 130 Å². The Kier molecular flexibility index (Phi) is 3.91. The monoisotopic (exact) mass is 296 g/mol. The summed E-state index contributed by atoms with van der Waals surface area (Å²) in [7, 11) is 0. The maximum Gasteiger partial charge on any atom is 0.134 e. The number of nitrogens with one attached hydrogen (secondary N) is 2. The number of hydrogen-bond donors (Lipinski definition) is 2. The summed E-state index contributed by atoms with van der Waals surface area (Å²) in [5.41, 5.74) is 2.32. The molecule has 2 saturated heterocycles. The van der Waals surface area contributed by atoms with Crippen molar-refractivity contribution in [3.05, 3.63) is 71.8 Å². The molecule has 2 heterocycles. The molecule has 2 aromatic carbocycles. The molecule has 4 atom stereocenters. The SMILES string of the molecule is c1ccc([C@@H]2NC3CO[C@H](c4ccccc4)NC3CO2)cc1. The van der Waals surface area contributed by atoms with Gasteiger partial charge >= 0.3 is 0 Å². The van der Waals surface area contributed by atoms with Gasteiger partial charge in [-0.1, -0.05) is 60.7 Å². The molecule has 0 spiro atoms. The third-order valence-electron chi connectivity index (χ3n) is 4.31. The third-order valence-corrected chi connectivity index (χ3v) is 4.31. The molecular formula is C18H20N2O2. The standard InChI is InChI=1S/C18H20N2O2/c1-3-7-13(8-4-1)17-19-15-12-22-18(20-16(15)11-21-17)14-9-5-2-6-10-14/h1-10,15-20H,11-12H2/t15?,16?,17-,18-/m1/s1. The fraction of sp³-hybridized carbons (Fsp3) is 0.333. The summed E-state index contributed by atoms with van der Waals surface area (Å²) in [4.78, 5) is 0. The van der Waals surface area contributed by atoms with Crippen LogP contribution in [0.25, 0.3) is 0 Å². The first-order valence-electron chi connectivity index (χ1n) is 7.75.